The Labute approximate surface area is 124 Å². The first-order valence-corrected chi connectivity index (χ1v) is 6.92. The number of benzene rings is 1. The van der Waals surface area contributed by atoms with E-state index in [2.05, 4.69) is 5.10 Å². The Balaban J connectivity index is 2.12. The van der Waals surface area contributed by atoms with Crippen LogP contribution >= 0.6 is 0 Å². The van der Waals surface area contributed by atoms with Crippen molar-refractivity contribution in [1.82, 2.24) is 14.7 Å². The Morgan fingerprint density at radius 1 is 1.29 bits per heavy atom. The molecule has 2 aromatic rings. The van der Waals surface area contributed by atoms with Crippen LogP contribution in [0.1, 0.15) is 26.3 Å². The standard InChI is InChI=1S/C16H21N3O2/c1-16(2,3)18(12-15(20)21)11-13-5-7-14(8-6-13)19-10-4-9-17-19/h4-10H,11-12H2,1-3H3,(H,20,21). The Bertz CT molecular complexity index is 583. The molecule has 0 unspecified atom stereocenters. The Kier molecular flexibility index (Phi) is 4.43. The molecule has 0 saturated carbocycles. The zero-order valence-electron chi connectivity index (χ0n) is 12.7. The maximum Gasteiger partial charge on any atom is 0.317 e. The predicted molar refractivity (Wildman–Crippen MR) is 81.4 cm³/mol. The van der Waals surface area contributed by atoms with E-state index in [9.17, 15) is 4.79 Å². The number of carbonyl (C=O) groups is 1. The highest BCUT2D eigenvalue weighted by atomic mass is 16.4. The molecule has 0 saturated heterocycles. The van der Waals surface area contributed by atoms with E-state index in [0.717, 1.165) is 11.3 Å². The third-order valence-corrected chi connectivity index (χ3v) is 3.35. The molecule has 0 bridgehead atoms. The average molecular weight is 287 g/mol. The highest BCUT2D eigenvalue weighted by Gasteiger charge is 2.23. The normalized spacial score (nSPS) is 11.8. The Morgan fingerprint density at radius 2 is 1.95 bits per heavy atom. The molecule has 0 fully saturated rings. The van der Waals surface area contributed by atoms with Crippen molar-refractivity contribution in [3.8, 4) is 5.69 Å². The topological polar surface area (TPSA) is 58.4 Å². The van der Waals surface area contributed by atoms with Gasteiger partial charge in [-0.2, -0.15) is 5.10 Å². The molecule has 1 aromatic carbocycles. The molecule has 1 aromatic heterocycles. The average Bonchev–Trinajstić information content (AvgIpc) is 2.91. The van der Waals surface area contributed by atoms with Gasteiger partial charge in [-0.15, -0.1) is 0 Å². The third kappa shape index (κ3) is 4.16. The van der Waals surface area contributed by atoms with Gasteiger partial charge >= 0.3 is 5.97 Å². The Morgan fingerprint density at radius 3 is 2.43 bits per heavy atom. The van der Waals surface area contributed by atoms with Crippen molar-refractivity contribution in [2.45, 2.75) is 32.9 Å². The largest absolute Gasteiger partial charge is 0.480 e. The van der Waals surface area contributed by atoms with Crippen LogP contribution in [0.4, 0.5) is 0 Å². The van der Waals surface area contributed by atoms with Crippen molar-refractivity contribution in [1.29, 1.82) is 0 Å². The summed E-state index contributed by atoms with van der Waals surface area (Å²) < 4.78 is 1.79. The number of carboxylic acids is 1. The van der Waals surface area contributed by atoms with Gasteiger partial charge in [-0.3, -0.25) is 9.69 Å². The maximum absolute atomic E-state index is 11.0. The number of nitrogens with zero attached hydrogens (tertiary/aromatic N) is 3. The van der Waals surface area contributed by atoms with E-state index in [1.807, 2.05) is 62.2 Å². The van der Waals surface area contributed by atoms with Crippen LogP contribution in [0.2, 0.25) is 0 Å². The number of aliphatic carboxylic acids is 1. The van der Waals surface area contributed by atoms with Gasteiger partial charge in [0.05, 0.1) is 12.2 Å². The summed E-state index contributed by atoms with van der Waals surface area (Å²) in [6, 6.07) is 9.88. The zero-order valence-corrected chi connectivity index (χ0v) is 12.7. The molecule has 0 aliphatic carbocycles. The number of carboxylic acid groups (broad SMARTS) is 1. The van der Waals surface area contributed by atoms with Crippen molar-refractivity contribution in [3.05, 3.63) is 48.3 Å². The van der Waals surface area contributed by atoms with Crippen LogP contribution < -0.4 is 0 Å². The lowest BCUT2D eigenvalue weighted by Gasteiger charge is -2.34. The summed E-state index contributed by atoms with van der Waals surface area (Å²) in [7, 11) is 0. The first-order chi connectivity index (χ1) is 9.86. The van der Waals surface area contributed by atoms with Crippen LogP contribution in [-0.2, 0) is 11.3 Å². The molecule has 1 N–H and O–H groups in total. The summed E-state index contributed by atoms with van der Waals surface area (Å²) in [6.07, 6.45) is 3.63. The molecule has 5 nitrogen and oxygen atoms in total. The van der Waals surface area contributed by atoms with Crippen LogP contribution in [0, 0.1) is 0 Å². The fourth-order valence-corrected chi connectivity index (χ4v) is 2.09. The highest BCUT2D eigenvalue weighted by molar-refractivity contribution is 5.69. The second-order valence-electron chi connectivity index (χ2n) is 6.04. The van der Waals surface area contributed by atoms with Crippen molar-refractivity contribution in [3.63, 3.8) is 0 Å². The molecular weight excluding hydrogens is 266 g/mol. The molecule has 21 heavy (non-hydrogen) atoms. The summed E-state index contributed by atoms with van der Waals surface area (Å²) in [4.78, 5) is 12.9. The molecule has 0 radical (unpaired) electrons. The summed E-state index contributed by atoms with van der Waals surface area (Å²) >= 11 is 0. The van der Waals surface area contributed by atoms with Gasteiger partial charge in [-0.1, -0.05) is 12.1 Å². The van der Waals surface area contributed by atoms with Crippen LogP contribution in [0.15, 0.2) is 42.7 Å². The van der Waals surface area contributed by atoms with Crippen molar-refractivity contribution in [2.75, 3.05) is 6.54 Å². The number of hydrogen-bond acceptors (Lipinski definition) is 3. The molecule has 112 valence electrons. The van der Waals surface area contributed by atoms with Crippen molar-refractivity contribution < 1.29 is 9.90 Å². The minimum absolute atomic E-state index is 0.0322. The van der Waals surface area contributed by atoms with Gasteiger partial charge in [0.1, 0.15) is 0 Å². The lowest BCUT2D eigenvalue weighted by atomic mass is 10.0. The quantitative estimate of drug-likeness (QED) is 0.918. The molecule has 5 heteroatoms. The van der Waals surface area contributed by atoms with Crippen LogP contribution in [0.5, 0.6) is 0 Å². The van der Waals surface area contributed by atoms with E-state index in [1.165, 1.54) is 0 Å². The highest BCUT2D eigenvalue weighted by Crippen LogP contribution is 2.18. The molecule has 0 atom stereocenters. The van der Waals surface area contributed by atoms with E-state index in [0.29, 0.717) is 6.54 Å². The third-order valence-electron chi connectivity index (χ3n) is 3.35. The first-order valence-electron chi connectivity index (χ1n) is 6.92. The monoisotopic (exact) mass is 287 g/mol. The van der Waals surface area contributed by atoms with Crippen molar-refractivity contribution in [2.24, 2.45) is 0 Å². The zero-order chi connectivity index (χ0) is 15.5. The lowest BCUT2D eigenvalue weighted by molar-refractivity contribution is -0.139. The fourth-order valence-electron chi connectivity index (χ4n) is 2.09. The van der Waals surface area contributed by atoms with Gasteiger partial charge < -0.3 is 5.11 Å². The van der Waals surface area contributed by atoms with Crippen molar-refractivity contribution >= 4 is 5.97 Å². The summed E-state index contributed by atoms with van der Waals surface area (Å²) in [6.45, 7) is 6.70. The second kappa shape index (κ2) is 6.10. The van der Waals surface area contributed by atoms with Gasteiger partial charge in [0.15, 0.2) is 0 Å². The second-order valence-corrected chi connectivity index (χ2v) is 6.04. The maximum atomic E-state index is 11.0. The van der Waals surface area contributed by atoms with Gasteiger partial charge in [0.2, 0.25) is 0 Å². The van der Waals surface area contributed by atoms with E-state index in [-0.39, 0.29) is 12.1 Å². The fraction of sp³-hybridized carbons (Fsp3) is 0.375. The van der Waals surface area contributed by atoms with E-state index >= 15 is 0 Å². The van der Waals surface area contributed by atoms with Crippen LogP contribution in [-0.4, -0.2) is 37.8 Å². The van der Waals surface area contributed by atoms with E-state index in [4.69, 9.17) is 5.11 Å². The van der Waals surface area contributed by atoms with E-state index < -0.39 is 5.97 Å². The van der Waals surface area contributed by atoms with E-state index in [1.54, 1.807) is 10.9 Å². The molecular formula is C16H21N3O2. The first kappa shape index (κ1) is 15.3. The minimum Gasteiger partial charge on any atom is -0.480 e. The smallest absolute Gasteiger partial charge is 0.317 e. The van der Waals surface area contributed by atoms with Crippen LogP contribution in [0.25, 0.3) is 5.69 Å². The number of rotatable bonds is 5. The summed E-state index contributed by atoms with van der Waals surface area (Å²) in [5.74, 6) is -0.807. The van der Waals surface area contributed by atoms with Gasteiger partial charge in [-0.05, 0) is 44.5 Å². The molecule has 0 aliphatic heterocycles. The van der Waals surface area contributed by atoms with Crippen LogP contribution in [0.3, 0.4) is 0 Å². The predicted octanol–water partition coefficient (Wildman–Crippen LogP) is 2.56. The number of hydrogen-bond donors (Lipinski definition) is 1. The van der Waals surface area contributed by atoms with Gasteiger partial charge in [0.25, 0.3) is 0 Å². The SMILES string of the molecule is CC(C)(C)N(CC(=O)O)Cc1ccc(-n2cccn2)cc1. The number of aromatic nitrogens is 2. The summed E-state index contributed by atoms with van der Waals surface area (Å²) in [5, 5.41) is 13.2. The molecule has 0 aliphatic rings. The molecule has 0 amide bonds. The van der Waals surface area contributed by atoms with Gasteiger partial charge in [-0.25, -0.2) is 4.68 Å². The molecule has 0 spiro atoms. The summed E-state index contributed by atoms with van der Waals surface area (Å²) in [5.41, 5.74) is 1.88. The Hall–Kier alpha value is -2.14. The lowest BCUT2D eigenvalue weighted by Crippen LogP contribution is -2.43. The van der Waals surface area contributed by atoms with Gasteiger partial charge in [0, 0.05) is 24.5 Å². The molecule has 1 heterocycles. The molecule has 2 rings (SSSR count). The minimum atomic E-state index is -0.807.